The molecule has 0 spiro atoms. The minimum atomic E-state index is -0.328. The van der Waals surface area contributed by atoms with Crippen LogP contribution < -0.4 is 0 Å². The molecule has 0 aliphatic carbocycles. The van der Waals surface area contributed by atoms with Crippen LogP contribution in [0.15, 0.2) is 109 Å². The largest absolute Gasteiger partial charge is 0.252 e. The third-order valence-corrected chi connectivity index (χ3v) is 5.91. The molecule has 0 bridgehead atoms. The van der Waals surface area contributed by atoms with E-state index in [0.29, 0.717) is 0 Å². The summed E-state index contributed by atoms with van der Waals surface area (Å²) in [6, 6.07) is 37.7. The van der Waals surface area contributed by atoms with Gasteiger partial charge in [-0.15, -0.1) is 0 Å². The van der Waals surface area contributed by atoms with Gasteiger partial charge in [-0.3, -0.25) is 9.97 Å². The van der Waals surface area contributed by atoms with Crippen LogP contribution in [0.3, 0.4) is 0 Å². The highest BCUT2D eigenvalue weighted by atomic mass is 14.8. The van der Waals surface area contributed by atoms with E-state index in [1.165, 1.54) is 10.8 Å². The fourth-order valence-corrected chi connectivity index (χ4v) is 4.07. The van der Waals surface area contributed by atoms with Crippen molar-refractivity contribution in [1.82, 2.24) is 9.97 Å². The molecule has 5 rings (SSSR count). The lowest BCUT2D eigenvalue weighted by Gasteiger charge is -2.25. The topological polar surface area (TPSA) is 25.8 Å². The Kier molecular flexibility index (Phi) is 4.83. The summed E-state index contributed by atoms with van der Waals surface area (Å²) in [6.45, 7) is 4.39. The predicted molar refractivity (Wildman–Crippen MR) is 129 cm³/mol. The van der Waals surface area contributed by atoms with Gasteiger partial charge >= 0.3 is 0 Å². The van der Waals surface area contributed by atoms with E-state index in [-0.39, 0.29) is 5.41 Å². The Labute approximate surface area is 183 Å². The van der Waals surface area contributed by atoms with Crippen molar-refractivity contribution in [1.29, 1.82) is 0 Å². The molecule has 0 atom stereocenters. The number of pyridine rings is 2. The van der Waals surface area contributed by atoms with Crippen molar-refractivity contribution < 1.29 is 0 Å². The van der Waals surface area contributed by atoms with E-state index in [1.807, 2.05) is 18.2 Å². The molecule has 0 aliphatic rings. The second-order valence-corrected chi connectivity index (χ2v) is 8.33. The Balaban J connectivity index is 1.58. The first kappa shape index (κ1) is 19.2. The molecule has 0 aliphatic heterocycles. The number of fused-ring (bicyclic) bond motifs is 1. The molecule has 0 N–H and O–H groups in total. The summed E-state index contributed by atoms with van der Waals surface area (Å²) < 4.78 is 0. The van der Waals surface area contributed by atoms with Crippen LogP contribution in [-0.4, -0.2) is 9.97 Å². The summed E-state index contributed by atoms with van der Waals surface area (Å²) in [5, 5.41) is 2.44. The molecule has 3 aromatic carbocycles. The Bertz CT molecular complexity index is 1350. The summed E-state index contributed by atoms with van der Waals surface area (Å²) >= 11 is 0. The Hall–Kier alpha value is -3.78. The Morgan fingerprint density at radius 1 is 0.516 bits per heavy atom. The maximum Gasteiger partial charge on any atom is 0.0711 e. The Morgan fingerprint density at radius 2 is 1.10 bits per heavy atom. The number of hydrogen-bond acceptors (Lipinski definition) is 2. The van der Waals surface area contributed by atoms with Gasteiger partial charge in [0.05, 0.1) is 22.8 Å². The maximum absolute atomic E-state index is 5.10. The lowest BCUT2D eigenvalue weighted by Crippen LogP contribution is -2.22. The zero-order valence-electron chi connectivity index (χ0n) is 17.8. The molecule has 2 nitrogen and oxygen atoms in total. The van der Waals surface area contributed by atoms with Gasteiger partial charge < -0.3 is 0 Å². The van der Waals surface area contributed by atoms with Crippen molar-refractivity contribution in [2.75, 3.05) is 0 Å². The van der Waals surface area contributed by atoms with Crippen LogP contribution in [0.2, 0.25) is 0 Å². The van der Waals surface area contributed by atoms with Crippen LogP contribution in [0.4, 0.5) is 0 Å². The van der Waals surface area contributed by atoms with Gasteiger partial charge in [-0.25, -0.2) is 0 Å². The van der Waals surface area contributed by atoms with E-state index in [4.69, 9.17) is 9.97 Å². The van der Waals surface area contributed by atoms with Crippen LogP contribution in [0.1, 0.15) is 25.2 Å². The standard InChI is InChI=1S/C29H24N2/c1-29(2,27-19-9-17-25(30-27)22-12-4-3-5-13-22)28-20-10-18-26(31-28)24-16-8-14-21-11-6-7-15-23(21)24/h3-20H,1-2H3. The second-order valence-electron chi connectivity index (χ2n) is 8.33. The van der Waals surface area contributed by atoms with Gasteiger partial charge in [-0.1, -0.05) is 84.9 Å². The summed E-state index contributed by atoms with van der Waals surface area (Å²) in [5.41, 5.74) is 5.94. The smallest absolute Gasteiger partial charge is 0.0711 e. The van der Waals surface area contributed by atoms with Crippen molar-refractivity contribution in [2.24, 2.45) is 0 Å². The predicted octanol–water partition coefficient (Wildman–Crippen LogP) is 7.29. The molecule has 0 saturated heterocycles. The van der Waals surface area contributed by atoms with Crippen LogP contribution in [0, 0.1) is 0 Å². The summed E-state index contributed by atoms with van der Waals surface area (Å²) in [7, 11) is 0. The third-order valence-electron chi connectivity index (χ3n) is 5.91. The van der Waals surface area contributed by atoms with E-state index in [0.717, 1.165) is 33.9 Å². The fourth-order valence-electron chi connectivity index (χ4n) is 4.07. The van der Waals surface area contributed by atoms with Gasteiger partial charge in [-0.05, 0) is 48.9 Å². The van der Waals surface area contributed by atoms with Crippen molar-refractivity contribution in [3.05, 3.63) is 121 Å². The van der Waals surface area contributed by atoms with Gasteiger partial charge in [0.15, 0.2) is 0 Å². The number of rotatable bonds is 4. The molecule has 150 valence electrons. The molecular formula is C29H24N2. The van der Waals surface area contributed by atoms with Gasteiger partial charge in [0.1, 0.15) is 0 Å². The summed E-state index contributed by atoms with van der Waals surface area (Å²) in [6.07, 6.45) is 0. The average molecular weight is 401 g/mol. The maximum atomic E-state index is 5.10. The highest BCUT2D eigenvalue weighted by molar-refractivity contribution is 5.95. The quantitative estimate of drug-likeness (QED) is 0.316. The first-order chi connectivity index (χ1) is 15.1. The fraction of sp³-hybridized carbons (Fsp3) is 0.103. The van der Waals surface area contributed by atoms with E-state index in [2.05, 4.69) is 105 Å². The zero-order chi connectivity index (χ0) is 21.3. The highest BCUT2D eigenvalue weighted by Gasteiger charge is 2.27. The molecule has 0 unspecified atom stereocenters. The SMILES string of the molecule is CC(C)(c1cccc(-c2ccccc2)n1)c1cccc(-c2cccc3ccccc23)n1. The first-order valence-corrected chi connectivity index (χ1v) is 10.6. The number of hydrogen-bond donors (Lipinski definition) is 0. The minimum Gasteiger partial charge on any atom is -0.252 e. The van der Waals surface area contributed by atoms with Gasteiger partial charge in [0, 0.05) is 16.5 Å². The van der Waals surface area contributed by atoms with Crippen LogP contribution in [0.25, 0.3) is 33.3 Å². The summed E-state index contributed by atoms with van der Waals surface area (Å²) in [5.74, 6) is 0. The number of aromatic nitrogens is 2. The molecule has 5 aromatic rings. The van der Waals surface area contributed by atoms with Crippen LogP contribution >= 0.6 is 0 Å². The van der Waals surface area contributed by atoms with Crippen molar-refractivity contribution in [3.8, 4) is 22.5 Å². The second kappa shape index (κ2) is 7.81. The van der Waals surface area contributed by atoms with E-state index >= 15 is 0 Å². The molecule has 31 heavy (non-hydrogen) atoms. The molecular weight excluding hydrogens is 376 g/mol. The molecule has 0 saturated carbocycles. The van der Waals surface area contributed by atoms with E-state index < -0.39 is 0 Å². The monoisotopic (exact) mass is 400 g/mol. The number of nitrogens with zero attached hydrogens (tertiary/aromatic N) is 2. The van der Waals surface area contributed by atoms with E-state index in [9.17, 15) is 0 Å². The minimum absolute atomic E-state index is 0.328. The Morgan fingerprint density at radius 3 is 1.87 bits per heavy atom. The third kappa shape index (κ3) is 3.62. The van der Waals surface area contributed by atoms with Crippen molar-refractivity contribution in [2.45, 2.75) is 19.3 Å². The molecule has 2 aromatic heterocycles. The number of benzene rings is 3. The van der Waals surface area contributed by atoms with Gasteiger partial charge in [0.25, 0.3) is 0 Å². The lowest BCUT2D eigenvalue weighted by molar-refractivity contribution is 0.597. The molecule has 0 amide bonds. The van der Waals surface area contributed by atoms with Crippen LogP contribution in [-0.2, 0) is 5.41 Å². The summed E-state index contributed by atoms with van der Waals surface area (Å²) in [4.78, 5) is 10.1. The molecule has 2 heterocycles. The van der Waals surface area contributed by atoms with Crippen LogP contribution in [0.5, 0.6) is 0 Å². The first-order valence-electron chi connectivity index (χ1n) is 10.6. The lowest BCUT2D eigenvalue weighted by atomic mass is 9.84. The van der Waals surface area contributed by atoms with Gasteiger partial charge in [-0.2, -0.15) is 0 Å². The molecule has 0 radical (unpaired) electrons. The van der Waals surface area contributed by atoms with E-state index in [1.54, 1.807) is 0 Å². The average Bonchev–Trinajstić information content (AvgIpc) is 2.84. The zero-order valence-corrected chi connectivity index (χ0v) is 17.8. The molecule has 2 heteroatoms. The molecule has 0 fully saturated rings. The highest BCUT2D eigenvalue weighted by Crippen LogP contribution is 2.33. The normalized spacial score (nSPS) is 11.5. The van der Waals surface area contributed by atoms with Crippen molar-refractivity contribution in [3.63, 3.8) is 0 Å². The van der Waals surface area contributed by atoms with Crippen molar-refractivity contribution >= 4 is 10.8 Å². The van der Waals surface area contributed by atoms with Gasteiger partial charge in [0.2, 0.25) is 0 Å².